The van der Waals surface area contributed by atoms with Gasteiger partial charge in [-0.15, -0.1) is 0 Å². The number of hydrogen-bond acceptors (Lipinski definition) is 3. The van der Waals surface area contributed by atoms with Gasteiger partial charge < -0.3 is 15.1 Å². The number of anilines is 2. The standard InChI is InChI=1S/C19H18Cl3N3O/c20-12-4-5-13-14(11-23-17(13)10-12)19(26)25-8-6-24(7-9-25)18-15(21)2-1-3-16(18)22/h1-5,10,14,23H,6-9,11H2. The minimum absolute atomic E-state index is 0.155. The van der Waals surface area contributed by atoms with Crippen LogP contribution in [0.5, 0.6) is 0 Å². The Balaban J connectivity index is 1.45. The minimum atomic E-state index is -0.155. The zero-order chi connectivity index (χ0) is 18.3. The average Bonchev–Trinajstić information content (AvgIpc) is 3.04. The van der Waals surface area contributed by atoms with E-state index >= 15 is 0 Å². The molecule has 0 bridgehead atoms. The molecule has 2 heterocycles. The number of carbonyl (C=O) groups excluding carboxylic acids is 1. The Morgan fingerprint density at radius 3 is 2.38 bits per heavy atom. The van der Waals surface area contributed by atoms with Crippen LogP contribution in [0.2, 0.25) is 15.1 Å². The summed E-state index contributed by atoms with van der Waals surface area (Å²) in [6, 6.07) is 11.2. The quantitative estimate of drug-likeness (QED) is 0.791. The number of piperazine rings is 1. The molecule has 2 aromatic rings. The summed E-state index contributed by atoms with van der Waals surface area (Å²) in [7, 11) is 0. The van der Waals surface area contributed by atoms with Crippen molar-refractivity contribution in [3.63, 3.8) is 0 Å². The van der Waals surface area contributed by atoms with Gasteiger partial charge >= 0.3 is 0 Å². The van der Waals surface area contributed by atoms with Crippen molar-refractivity contribution >= 4 is 52.1 Å². The monoisotopic (exact) mass is 409 g/mol. The van der Waals surface area contributed by atoms with Gasteiger partial charge in [0.25, 0.3) is 0 Å². The van der Waals surface area contributed by atoms with Crippen molar-refractivity contribution in [2.24, 2.45) is 0 Å². The molecule has 2 aromatic carbocycles. The highest BCUT2D eigenvalue weighted by Gasteiger charge is 2.33. The number of benzene rings is 2. The summed E-state index contributed by atoms with van der Waals surface area (Å²) in [6.07, 6.45) is 0. The first kappa shape index (κ1) is 17.8. The molecule has 0 aromatic heterocycles. The third kappa shape index (κ3) is 3.22. The van der Waals surface area contributed by atoms with Gasteiger partial charge in [-0.2, -0.15) is 0 Å². The first-order valence-corrected chi connectivity index (χ1v) is 9.69. The molecule has 1 atom stereocenters. The Labute approximate surface area is 167 Å². The number of para-hydroxylation sites is 1. The first-order valence-electron chi connectivity index (χ1n) is 8.55. The number of rotatable bonds is 2. The van der Waals surface area contributed by atoms with Crippen molar-refractivity contribution in [2.75, 3.05) is 42.9 Å². The normalized spacial score (nSPS) is 19.3. The van der Waals surface area contributed by atoms with Gasteiger partial charge in [-0.1, -0.05) is 46.9 Å². The molecule has 1 fully saturated rings. The van der Waals surface area contributed by atoms with Crippen LogP contribution in [0.25, 0.3) is 0 Å². The first-order chi connectivity index (χ1) is 12.5. The van der Waals surface area contributed by atoms with Crippen LogP contribution in [0, 0.1) is 0 Å². The Morgan fingerprint density at radius 1 is 1.00 bits per heavy atom. The number of amides is 1. The molecule has 4 nitrogen and oxygen atoms in total. The zero-order valence-corrected chi connectivity index (χ0v) is 16.3. The second-order valence-corrected chi connectivity index (χ2v) is 7.80. The average molecular weight is 411 g/mol. The fraction of sp³-hybridized carbons (Fsp3) is 0.316. The van der Waals surface area contributed by atoms with Gasteiger partial charge in [0.2, 0.25) is 5.91 Å². The Bertz CT molecular complexity index is 830. The van der Waals surface area contributed by atoms with Crippen molar-refractivity contribution < 1.29 is 4.79 Å². The maximum Gasteiger partial charge on any atom is 0.232 e. The highest BCUT2D eigenvalue weighted by atomic mass is 35.5. The van der Waals surface area contributed by atoms with Gasteiger partial charge in [0.1, 0.15) is 0 Å². The molecule has 0 aliphatic carbocycles. The van der Waals surface area contributed by atoms with Crippen LogP contribution < -0.4 is 10.2 Å². The van der Waals surface area contributed by atoms with E-state index in [-0.39, 0.29) is 11.8 Å². The zero-order valence-electron chi connectivity index (χ0n) is 14.0. The molecule has 0 radical (unpaired) electrons. The molecule has 2 aliphatic heterocycles. The molecule has 4 rings (SSSR count). The summed E-state index contributed by atoms with van der Waals surface area (Å²) in [5.41, 5.74) is 2.83. The highest BCUT2D eigenvalue weighted by molar-refractivity contribution is 6.39. The number of hydrogen-bond donors (Lipinski definition) is 1. The lowest BCUT2D eigenvalue weighted by atomic mass is 9.99. The number of fused-ring (bicyclic) bond motifs is 1. The molecule has 1 N–H and O–H groups in total. The van der Waals surface area contributed by atoms with Crippen molar-refractivity contribution in [2.45, 2.75) is 5.92 Å². The summed E-state index contributed by atoms with van der Waals surface area (Å²) >= 11 is 18.7. The topological polar surface area (TPSA) is 35.6 Å². The number of halogens is 3. The Morgan fingerprint density at radius 2 is 1.69 bits per heavy atom. The van der Waals surface area contributed by atoms with Crippen LogP contribution in [-0.4, -0.2) is 43.5 Å². The molecule has 0 saturated carbocycles. The fourth-order valence-electron chi connectivity index (χ4n) is 3.69. The second-order valence-electron chi connectivity index (χ2n) is 6.55. The van der Waals surface area contributed by atoms with Gasteiger partial charge in [0.05, 0.1) is 21.7 Å². The third-order valence-corrected chi connectivity index (χ3v) is 5.88. The Hall–Kier alpha value is -1.62. The van der Waals surface area contributed by atoms with Crippen LogP contribution in [0.15, 0.2) is 36.4 Å². The SMILES string of the molecule is O=C(C1CNc2cc(Cl)ccc21)N1CCN(c2c(Cl)cccc2Cl)CC1. The van der Waals surface area contributed by atoms with E-state index < -0.39 is 0 Å². The summed E-state index contributed by atoms with van der Waals surface area (Å²) in [5.74, 6) is 0.00111. The molecule has 1 saturated heterocycles. The smallest absolute Gasteiger partial charge is 0.232 e. The number of nitrogens with zero attached hydrogens (tertiary/aromatic N) is 2. The lowest BCUT2D eigenvalue weighted by Gasteiger charge is -2.37. The minimum Gasteiger partial charge on any atom is -0.384 e. The number of carbonyl (C=O) groups is 1. The van der Waals surface area contributed by atoms with Crippen LogP contribution in [-0.2, 0) is 4.79 Å². The van der Waals surface area contributed by atoms with Crippen molar-refractivity contribution in [3.05, 3.63) is 57.0 Å². The van der Waals surface area contributed by atoms with E-state index in [0.717, 1.165) is 16.9 Å². The summed E-state index contributed by atoms with van der Waals surface area (Å²) < 4.78 is 0. The van der Waals surface area contributed by atoms with E-state index in [0.29, 0.717) is 47.8 Å². The van der Waals surface area contributed by atoms with Gasteiger partial charge in [-0.05, 0) is 29.8 Å². The van der Waals surface area contributed by atoms with Crippen LogP contribution in [0.3, 0.4) is 0 Å². The van der Waals surface area contributed by atoms with E-state index in [1.54, 1.807) is 0 Å². The second kappa shape index (κ2) is 7.18. The maximum absolute atomic E-state index is 13.0. The van der Waals surface area contributed by atoms with E-state index in [2.05, 4.69) is 10.2 Å². The van der Waals surface area contributed by atoms with Crippen LogP contribution in [0.4, 0.5) is 11.4 Å². The summed E-state index contributed by atoms with van der Waals surface area (Å²) in [4.78, 5) is 17.1. The molecule has 136 valence electrons. The van der Waals surface area contributed by atoms with Crippen molar-refractivity contribution in [1.29, 1.82) is 0 Å². The van der Waals surface area contributed by atoms with Crippen LogP contribution in [0.1, 0.15) is 11.5 Å². The summed E-state index contributed by atoms with van der Waals surface area (Å²) in [6.45, 7) is 3.34. The molecule has 26 heavy (non-hydrogen) atoms. The highest BCUT2D eigenvalue weighted by Crippen LogP contribution is 2.36. The lowest BCUT2D eigenvalue weighted by Crippen LogP contribution is -2.50. The predicted octanol–water partition coefficient (Wildman–Crippen LogP) is 4.50. The third-order valence-electron chi connectivity index (χ3n) is 5.03. The van der Waals surface area contributed by atoms with E-state index in [1.165, 1.54) is 0 Å². The molecule has 1 unspecified atom stereocenters. The van der Waals surface area contributed by atoms with Crippen LogP contribution >= 0.6 is 34.8 Å². The van der Waals surface area contributed by atoms with E-state index in [9.17, 15) is 4.79 Å². The van der Waals surface area contributed by atoms with E-state index in [4.69, 9.17) is 34.8 Å². The molecular weight excluding hydrogens is 393 g/mol. The number of nitrogens with one attached hydrogen (secondary N) is 1. The van der Waals surface area contributed by atoms with E-state index in [1.807, 2.05) is 41.3 Å². The molecule has 2 aliphatic rings. The van der Waals surface area contributed by atoms with Gasteiger partial charge in [0.15, 0.2) is 0 Å². The maximum atomic E-state index is 13.0. The largest absolute Gasteiger partial charge is 0.384 e. The lowest BCUT2D eigenvalue weighted by molar-refractivity contribution is -0.132. The predicted molar refractivity (Wildman–Crippen MR) is 108 cm³/mol. The molecule has 0 spiro atoms. The van der Waals surface area contributed by atoms with Gasteiger partial charge in [-0.25, -0.2) is 0 Å². The molecular formula is C19H18Cl3N3O. The molecule has 1 amide bonds. The van der Waals surface area contributed by atoms with Crippen molar-refractivity contribution in [3.8, 4) is 0 Å². The Kier molecular flexibility index (Phi) is 4.91. The molecule has 7 heteroatoms. The van der Waals surface area contributed by atoms with Gasteiger partial charge in [-0.3, -0.25) is 4.79 Å². The van der Waals surface area contributed by atoms with Gasteiger partial charge in [0, 0.05) is 43.4 Å². The fourth-order valence-corrected chi connectivity index (χ4v) is 4.50. The summed E-state index contributed by atoms with van der Waals surface area (Å²) in [5, 5.41) is 5.24. The van der Waals surface area contributed by atoms with Crippen molar-refractivity contribution in [1.82, 2.24) is 4.90 Å².